The molecule has 1 atom stereocenters. The third-order valence-corrected chi connectivity index (χ3v) is 5.49. The number of fused-ring (bicyclic) bond motifs is 1. The van der Waals surface area contributed by atoms with Crippen LogP contribution < -0.4 is 4.90 Å². The standard InChI is InChI=1S/C23H24N6O/c1-16-13-26-22(12-18(16)23-27-19-5-2-3-6-20(19)28-23)29-9-10-30-15-17(14-29)11-21-24-7-4-8-25-21/h2-8,12-13,17H,9-11,14-15H2,1H3,(H,27,28). The number of rotatable bonds is 4. The molecule has 3 aromatic heterocycles. The molecule has 1 aliphatic rings. The molecule has 1 fully saturated rings. The Morgan fingerprint density at radius 3 is 2.87 bits per heavy atom. The molecular weight excluding hydrogens is 376 g/mol. The van der Waals surface area contributed by atoms with Gasteiger partial charge in [0.05, 0.1) is 24.2 Å². The summed E-state index contributed by atoms with van der Waals surface area (Å²) in [6.45, 7) is 5.12. The van der Waals surface area contributed by atoms with Crippen molar-refractivity contribution in [3.8, 4) is 11.4 Å². The Kier molecular flexibility index (Phi) is 5.11. The summed E-state index contributed by atoms with van der Waals surface area (Å²) in [5.74, 6) is 2.98. The van der Waals surface area contributed by atoms with Gasteiger partial charge in [-0.1, -0.05) is 12.1 Å². The number of benzene rings is 1. The van der Waals surface area contributed by atoms with Crippen molar-refractivity contribution >= 4 is 16.9 Å². The number of pyridine rings is 1. The van der Waals surface area contributed by atoms with E-state index in [0.29, 0.717) is 19.1 Å². The maximum absolute atomic E-state index is 5.87. The quantitative estimate of drug-likeness (QED) is 0.565. The minimum Gasteiger partial charge on any atom is -0.379 e. The Bertz CT molecular complexity index is 1110. The third-order valence-electron chi connectivity index (χ3n) is 5.49. The second kappa shape index (κ2) is 8.20. The number of aromatic nitrogens is 5. The van der Waals surface area contributed by atoms with E-state index < -0.39 is 0 Å². The highest BCUT2D eigenvalue weighted by molar-refractivity contribution is 5.80. The van der Waals surface area contributed by atoms with Crippen LogP contribution in [-0.2, 0) is 11.2 Å². The first-order valence-electron chi connectivity index (χ1n) is 10.3. The van der Waals surface area contributed by atoms with Crippen molar-refractivity contribution in [1.82, 2.24) is 24.9 Å². The molecule has 30 heavy (non-hydrogen) atoms. The molecule has 1 aromatic carbocycles. The Morgan fingerprint density at radius 2 is 2.00 bits per heavy atom. The van der Waals surface area contributed by atoms with Gasteiger partial charge in [-0.25, -0.2) is 19.9 Å². The van der Waals surface area contributed by atoms with Gasteiger partial charge in [-0.2, -0.15) is 0 Å². The van der Waals surface area contributed by atoms with E-state index in [1.807, 2.05) is 36.5 Å². The van der Waals surface area contributed by atoms with Crippen molar-refractivity contribution in [1.29, 1.82) is 0 Å². The van der Waals surface area contributed by atoms with Gasteiger partial charge in [-0.3, -0.25) is 0 Å². The fraction of sp³-hybridized carbons (Fsp3) is 0.304. The van der Waals surface area contributed by atoms with Crippen molar-refractivity contribution in [3.63, 3.8) is 0 Å². The Labute approximate surface area is 175 Å². The molecule has 0 bridgehead atoms. The molecule has 0 aliphatic carbocycles. The molecule has 0 radical (unpaired) electrons. The minimum absolute atomic E-state index is 0.313. The van der Waals surface area contributed by atoms with E-state index in [1.165, 1.54) is 0 Å². The fourth-order valence-corrected chi connectivity index (χ4v) is 3.93. The van der Waals surface area contributed by atoms with Gasteiger partial charge in [-0.05, 0) is 36.8 Å². The van der Waals surface area contributed by atoms with Crippen LogP contribution in [0.3, 0.4) is 0 Å². The highest BCUT2D eigenvalue weighted by Gasteiger charge is 2.22. The van der Waals surface area contributed by atoms with Crippen LogP contribution in [0, 0.1) is 12.8 Å². The lowest BCUT2D eigenvalue weighted by atomic mass is 10.1. The first-order chi connectivity index (χ1) is 14.8. The average molecular weight is 400 g/mol. The number of H-pyrrole nitrogens is 1. The first kappa shape index (κ1) is 18.7. The molecule has 5 rings (SSSR count). The van der Waals surface area contributed by atoms with Gasteiger partial charge >= 0.3 is 0 Å². The molecule has 0 spiro atoms. The molecule has 152 valence electrons. The second-order valence-electron chi connectivity index (χ2n) is 7.72. The van der Waals surface area contributed by atoms with E-state index in [9.17, 15) is 0 Å². The summed E-state index contributed by atoms with van der Waals surface area (Å²) in [7, 11) is 0. The van der Waals surface area contributed by atoms with Crippen molar-refractivity contribution in [2.24, 2.45) is 5.92 Å². The van der Waals surface area contributed by atoms with Crippen LogP contribution in [0.2, 0.25) is 0 Å². The van der Waals surface area contributed by atoms with E-state index in [-0.39, 0.29) is 0 Å². The lowest BCUT2D eigenvalue weighted by Crippen LogP contribution is -2.31. The first-order valence-corrected chi connectivity index (χ1v) is 10.3. The van der Waals surface area contributed by atoms with Crippen LogP contribution in [0.4, 0.5) is 5.82 Å². The van der Waals surface area contributed by atoms with Crippen LogP contribution in [0.5, 0.6) is 0 Å². The van der Waals surface area contributed by atoms with E-state index >= 15 is 0 Å². The molecule has 4 heterocycles. The summed E-state index contributed by atoms with van der Waals surface area (Å²) in [6, 6.07) is 12.1. The Balaban J connectivity index is 1.42. The molecule has 7 nitrogen and oxygen atoms in total. The van der Waals surface area contributed by atoms with E-state index in [0.717, 1.165) is 59.1 Å². The number of nitrogens with one attached hydrogen (secondary N) is 1. The van der Waals surface area contributed by atoms with Crippen molar-refractivity contribution in [3.05, 3.63) is 66.4 Å². The van der Waals surface area contributed by atoms with Gasteiger partial charge in [0.2, 0.25) is 0 Å². The molecule has 4 aromatic rings. The fourth-order valence-electron chi connectivity index (χ4n) is 3.93. The normalized spacial score (nSPS) is 17.2. The monoisotopic (exact) mass is 400 g/mol. The number of aromatic amines is 1. The zero-order valence-corrected chi connectivity index (χ0v) is 17.0. The summed E-state index contributed by atoms with van der Waals surface area (Å²) in [5.41, 5.74) is 4.18. The number of anilines is 1. The number of para-hydroxylation sites is 2. The molecular formula is C23H24N6O. The molecule has 1 unspecified atom stereocenters. The number of hydrogen-bond acceptors (Lipinski definition) is 6. The third kappa shape index (κ3) is 3.89. The van der Waals surface area contributed by atoms with Crippen molar-refractivity contribution < 1.29 is 4.74 Å². The van der Waals surface area contributed by atoms with Gasteiger partial charge < -0.3 is 14.6 Å². The van der Waals surface area contributed by atoms with Crippen LogP contribution in [0.25, 0.3) is 22.4 Å². The molecule has 0 saturated carbocycles. The molecule has 1 aliphatic heterocycles. The molecule has 1 saturated heterocycles. The van der Waals surface area contributed by atoms with E-state index in [4.69, 9.17) is 14.7 Å². The van der Waals surface area contributed by atoms with Crippen LogP contribution in [-0.4, -0.2) is 51.2 Å². The SMILES string of the molecule is Cc1cnc(N2CCOCC(Cc3ncccn3)C2)cc1-c1nc2ccccc2[nH]1. The average Bonchev–Trinajstić information content (AvgIpc) is 3.07. The predicted molar refractivity (Wildman–Crippen MR) is 116 cm³/mol. The zero-order chi connectivity index (χ0) is 20.3. The lowest BCUT2D eigenvalue weighted by Gasteiger charge is -2.25. The van der Waals surface area contributed by atoms with Crippen LogP contribution in [0.1, 0.15) is 11.4 Å². The second-order valence-corrected chi connectivity index (χ2v) is 7.72. The van der Waals surface area contributed by atoms with E-state index in [2.05, 4.69) is 32.8 Å². The molecule has 7 heteroatoms. The van der Waals surface area contributed by atoms with E-state index in [1.54, 1.807) is 12.4 Å². The number of ether oxygens (including phenoxy) is 1. The Morgan fingerprint density at radius 1 is 1.13 bits per heavy atom. The van der Waals surface area contributed by atoms with Gasteiger partial charge in [-0.15, -0.1) is 0 Å². The summed E-state index contributed by atoms with van der Waals surface area (Å²) < 4.78 is 5.87. The lowest BCUT2D eigenvalue weighted by molar-refractivity contribution is 0.123. The maximum atomic E-state index is 5.87. The summed E-state index contributed by atoms with van der Waals surface area (Å²) in [4.78, 5) is 24.0. The summed E-state index contributed by atoms with van der Waals surface area (Å²) >= 11 is 0. The Hall–Kier alpha value is -3.32. The summed E-state index contributed by atoms with van der Waals surface area (Å²) in [6.07, 6.45) is 6.30. The van der Waals surface area contributed by atoms with Crippen molar-refractivity contribution in [2.75, 3.05) is 31.2 Å². The minimum atomic E-state index is 0.313. The van der Waals surface area contributed by atoms with Crippen LogP contribution >= 0.6 is 0 Å². The topological polar surface area (TPSA) is 79.8 Å². The largest absolute Gasteiger partial charge is 0.379 e. The molecule has 0 amide bonds. The van der Waals surface area contributed by atoms with Crippen molar-refractivity contribution in [2.45, 2.75) is 13.3 Å². The highest BCUT2D eigenvalue weighted by atomic mass is 16.5. The van der Waals surface area contributed by atoms with Gasteiger partial charge in [0.25, 0.3) is 0 Å². The predicted octanol–water partition coefficient (Wildman–Crippen LogP) is 3.42. The van der Waals surface area contributed by atoms with Crippen LogP contribution in [0.15, 0.2) is 55.0 Å². The van der Waals surface area contributed by atoms with Gasteiger partial charge in [0, 0.05) is 49.6 Å². The smallest absolute Gasteiger partial charge is 0.138 e. The maximum Gasteiger partial charge on any atom is 0.138 e. The highest BCUT2D eigenvalue weighted by Crippen LogP contribution is 2.27. The van der Waals surface area contributed by atoms with Gasteiger partial charge in [0.1, 0.15) is 17.5 Å². The number of aryl methyl sites for hydroxylation is 1. The van der Waals surface area contributed by atoms with Gasteiger partial charge in [0.15, 0.2) is 0 Å². The zero-order valence-electron chi connectivity index (χ0n) is 17.0. The number of nitrogens with zero attached hydrogens (tertiary/aromatic N) is 5. The molecule has 1 N–H and O–H groups in total. The number of imidazole rings is 1. The number of hydrogen-bond donors (Lipinski definition) is 1. The summed E-state index contributed by atoms with van der Waals surface area (Å²) in [5, 5.41) is 0.